The predicted molar refractivity (Wildman–Crippen MR) is 95.8 cm³/mol. The van der Waals surface area contributed by atoms with E-state index in [1.165, 1.54) is 11.0 Å². The first-order valence-electron chi connectivity index (χ1n) is 7.29. The lowest BCUT2D eigenvalue weighted by Gasteiger charge is -2.19. The third kappa shape index (κ3) is 7.95. The number of amides is 2. The van der Waals surface area contributed by atoms with E-state index in [0.29, 0.717) is 31.1 Å². The highest BCUT2D eigenvalue weighted by atomic mass is 35.5. The Kier molecular flexibility index (Phi) is 10.4. The van der Waals surface area contributed by atoms with E-state index in [1.54, 1.807) is 18.2 Å². The minimum atomic E-state index is -0.602. The van der Waals surface area contributed by atoms with E-state index in [9.17, 15) is 9.59 Å². The summed E-state index contributed by atoms with van der Waals surface area (Å²) in [7, 11) is 0. The molecule has 0 fully saturated rings. The van der Waals surface area contributed by atoms with Gasteiger partial charge in [0, 0.05) is 42.5 Å². The van der Waals surface area contributed by atoms with Crippen molar-refractivity contribution in [1.29, 1.82) is 0 Å². The van der Waals surface area contributed by atoms with Crippen LogP contribution in [0.15, 0.2) is 24.3 Å². The van der Waals surface area contributed by atoms with Crippen LogP contribution in [0.2, 0.25) is 0 Å². The number of carbonyl (C=O) groups excluding carboxylic acids is 2. The zero-order chi connectivity index (χ0) is 17.8. The van der Waals surface area contributed by atoms with E-state index in [1.807, 2.05) is 0 Å². The topological polar surface area (TPSA) is 67.9 Å². The summed E-state index contributed by atoms with van der Waals surface area (Å²) in [6.07, 6.45) is -0.587. The molecule has 1 aromatic carbocycles. The van der Waals surface area contributed by atoms with Gasteiger partial charge in [0.15, 0.2) is 0 Å². The molecule has 0 saturated heterocycles. The molecule has 0 heterocycles. The molecule has 0 radical (unpaired) electrons. The van der Waals surface area contributed by atoms with Gasteiger partial charge >= 0.3 is 12.2 Å². The average molecular weight is 398 g/mol. The molecule has 0 unspecified atom stereocenters. The summed E-state index contributed by atoms with van der Waals surface area (Å²) >= 11 is 16.8. The zero-order valence-electron chi connectivity index (χ0n) is 13.0. The minimum absolute atomic E-state index is 0.232. The number of alkyl halides is 3. The van der Waals surface area contributed by atoms with Crippen LogP contribution in [-0.4, -0.2) is 54.4 Å². The van der Waals surface area contributed by atoms with E-state index >= 15 is 0 Å². The summed E-state index contributed by atoms with van der Waals surface area (Å²) in [5.74, 6) is 1.26. The summed E-state index contributed by atoms with van der Waals surface area (Å²) in [6.45, 7) is 0.895. The van der Waals surface area contributed by atoms with Crippen molar-refractivity contribution in [3.05, 3.63) is 24.3 Å². The van der Waals surface area contributed by atoms with Crippen LogP contribution >= 0.6 is 34.8 Å². The van der Waals surface area contributed by atoms with Gasteiger partial charge in [0.05, 0.1) is 6.61 Å². The lowest BCUT2D eigenvalue weighted by Crippen LogP contribution is -2.36. The van der Waals surface area contributed by atoms with Crippen LogP contribution < -0.4 is 10.1 Å². The Hall–Kier alpha value is -1.37. The largest absolute Gasteiger partial charge is 0.449 e. The molecule has 134 valence electrons. The highest BCUT2D eigenvalue weighted by molar-refractivity contribution is 6.18. The Bertz CT molecular complexity index is 525. The molecule has 2 amide bonds. The maximum absolute atomic E-state index is 12.1. The van der Waals surface area contributed by atoms with Gasteiger partial charge in [-0.15, -0.1) is 34.8 Å². The Labute approximate surface area is 155 Å². The van der Waals surface area contributed by atoms with Crippen molar-refractivity contribution in [2.24, 2.45) is 0 Å². The monoisotopic (exact) mass is 396 g/mol. The lowest BCUT2D eigenvalue weighted by molar-refractivity contribution is 0.158. The number of ether oxygens (including phenoxy) is 2. The van der Waals surface area contributed by atoms with Gasteiger partial charge in [-0.25, -0.2) is 9.59 Å². The molecule has 1 N–H and O–H groups in total. The fourth-order valence-electron chi connectivity index (χ4n) is 1.67. The molecule has 6 nitrogen and oxygen atoms in total. The van der Waals surface area contributed by atoms with E-state index in [2.05, 4.69) is 5.32 Å². The number of nitrogens with zero attached hydrogens (tertiary/aromatic N) is 1. The third-order valence-electron chi connectivity index (χ3n) is 2.76. The van der Waals surface area contributed by atoms with Crippen molar-refractivity contribution in [1.82, 2.24) is 4.90 Å². The molecule has 0 aliphatic heterocycles. The molecular weight excluding hydrogens is 379 g/mol. The molecule has 9 heteroatoms. The molecule has 0 saturated carbocycles. The molecule has 0 aliphatic carbocycles. The maximum atomic E-state index is 12.1. The SMILES string of the molecule is O=C(Nc1cccc(OC(=O)N(CCCl)CCCl)c1)OCCCCl. The van der Waals surface area contributed by atoms with Crippen LogP contribution in [0, 0.1) is 0 Å². The van der Waals surface area contributed by atoms with Gasteiger partial charge in [-0.05, 0) is 18.6 Å². The number of benzene rings is 1. The molecular formula is C15H19Cl3N2O4. The second-order valence-electron chi connectivity index (χ2n) is 4.56. The van der Waals surface area contributed by atoms with E-state index in [0.717, 1.165) is 0 Å². The minimum Gasteiger partial charge on any atom is -0.449 e. The fourth-order valence-corrected chi connectivity index (χ4v) is 2.19. The van der Waals surface area contributed by atoms with Crippen molar-refractivity contribution < 1.29 is 19.1 Å². The van der Waals surface area contributed by atoms with Crippen molar-refractivity contribution in [3.63, 3.8) is 0 Å². The Morgan fingerprint density at radius 3 is 2.42 bits per heavy atom. The van der Waals surface area contributed by atoms with Crippen molar-refractivity contribution in [3.8, 4) is 5.75 Å². The van der Waals surface area contributed by atoms with Crippen LogP contribution in [0.3, 0.4) is 0 Å². The molecule has 0 atom stereocenters. The van der Waals surface area contributed by atoms with Crippen molar-refractivity contribution in [2.75, 3.05) is 42.7 Å². The number of anilines is 1. The van der Waals surface area contributed by atoms with Gasteiger partial charge in [-0.3, -0.25) is 5.32 Å². The van der Waals surface area contributed by atoms with E-state index in [4.69, 9.17) is 44.3 Å². The molecule has 0 spiro atoms. The molecule has 0 aliphatic rings. The number of hydrogen-bond acceptors (Lipinski definition) is 4. The summed E-state index contributed by atoms with van der Waals surface area (Å²) in [5.41, 5.74) is 0.442. The smallest absolute Gasteiger partial charge is 0.415 e. The molecule has 0 aromatic heterocycles. The molecule has 0 bridgehead atoms. The second-order valence-corrected chi connectivity index (χ2v) is 5.70. The number of hydrogen-bond donors (Lipinski definition) is 1. The van der Waals surface area contributed by atoms with Crippen LogP contribution in [0.5, 0.6) is 5.75 Å². The number of carbonyl (C=O) groups is 2. The van der Waals surface area contributed by atoms with Gasteiger partial charge in [-0.2, -0.15) is 0 Å². The number of nitrogens with one attached hydrogen (secondary N) is 1. The number of rotatable bonds is 9. The molecule has 24 heavy (non-hydrogen) atoms. The third-order valence-corrected chi connectivity index (χ3v) is 3.37. The summed E-state index contributed by atoms with van der Waals surface area (Å²) in [5, 5.41) is 2.54. The van der Waals surface area contributed by atoms with Gasteiger partial charge in [-0.1, -0.05) is 6.07 Å². The van der Waals surface area contributed by atoms with Crippen LogP contribution in [0.4, 0.5) is 15.3 Å². The van der Waals surface area contributed by atoms with Gasteiger partial charge in [0.1, 0.15) is 5.75 Å². The van der Waals surface area contributed by atoms with Crippen LogP contribution in [0.1, 0.15) is 6.42 Å². The van der Waals surface area contributed by atoms with E-state index in [-0.39, 0.29) is 24.1 Å². The molecule has 1 aromatic rings. The highest BCUT2D eigenvalue weighted by Gasteiger charge is 2.15. The van der Waals surface area contributed by atoms with Gasteiger partial charge in [0.25, 0.3) is 0 Å². The Balaban J connectivity index is 2.60. The standard InChI is InChI=1S/C15H19Cl3N2O4/c16-5-2-10-23-14(21)19-12-3-1-4-13(11-12)24-15(22)20(8-6-17)9-7-18/h1,3-4,11H,2,5-10H2,(H,19,21). The lowest BCUT2D eigenvalue weighted by atomic mass is 10.3. The van der Waals surface area contributed by atoms with Crippen LogP contribution in [0.25, 0.3) is 0 Å². The van der Waals surface area contributed by atoms with Gasteiger partial charge < -0.3 is 14.4 Å². The zero-order valence-corrected chi connectivity index (χ0v) is 15.2. The van der Waals surface area contributed by atoms with Crippen molar-refractivity contribution >= 4 is 52.7 Å². The summed E-state index contributed by atoms with van der Waals surface area (Å²) in [6, 6.07) is 6.40. The van der Waals surface area contributed by atoms with Crippen LogP contribution in [-0.2, 0) is 4.74 Å². The first kappa shape index (κ1) is 20.7. The molecule has 1 rings (SSSR count). The van der Waals surface area contributed by atoms with Gasteiger partial charge in [0.2, 0.25) is 0 Å². The average Bonchev–Trinajstić information content (AvgIpc) is 2.55. The fraction of sp³-hybridized carbons (Fsp3) is 0.467. The summed E-state index contributed by atoms with van der Waals surface area (Å²) in [4.78, 5) is 25.0. The quantitative estimate of drug-likeness (QED) is 0.502. The number of halogens is 3. The normalized spacial score (nSPS) is 10.1. The maximum Gasteiger partial charge on any atom is 0.415 e. The first-order valence-corrected chi connectivity index (χ1v) is 8.89. The first-order chi connectivity index (χ1) is 11.6. The highest BCUT2D eigenvalue weighted by Crippen LogP contribution is 2.18. The Morgan fingerprint density at radius 1 is 1.08 bits per heavy atom. The predicted octanol–water partition coefficient (Wildman–Crippen LogP) is 4.14. The summed E-state index contributed by atoms with van der Waals surface area (Å²) < 4.78 is 10.2. The Morgan fingerprint density at radius 2 is 1.79 bits per heavy atom. The van der Waals surface area contributed by atoms with E-state index < -0.39 is 12.2 Å². The second kappa shape index (κ2) is 12.1. The van der Waals surface area contributed by atoms with Crippen molar-refractivity contribution in [2.45, 2.75) is 6.42 Å².